The van der Waals surface area contributed by atoms with Crippen molar-refractivity contribution in [3.05, 3.63) is 28.2 Å². The van der Waals surface area contributed by atoms with Crippen LogP contribution in [0.4, 0.5) is 18.9 Å². The molecule has 0 aromatic heterocycles. The van der Waals surface area contributed by atoms with E-state index < -0.39 is 30.1 Å². The summed E-state index contributed by atoms with van der Waals surface area (Å²) in [4.78, 5) is 23.2. The van der Waals surface area contributed by atoms with Gasteiger partial charge in [-0.15, -0.1) is 0 Å². The number of ether oxygens (including phenoxy) is 1. The van der Waals surface area contributed by atoms with Crippen LogP contribution in [0.2, 0.25) is 10.0 Å². The van der Waals surface area contributed by atoms with Crippen molar-refractivity contribution in [2.45, 2.75) is 25.1 Å². The van der Waals surface area contributed by atoms with E-state index in [0.717, 1.165) is 0 Å². The van der Waals surface area contributed by atoms with Crippen LogP contribution < -0.4 is 5.32 Å². The van der Waals surface area contributed by atoms with Crippen molar-refractivity contribution in [2.24, 2.45) is 0 Å². The third-order valence-electron chi connectivity index (χ3n) is 2.72. The smallest absolute Gasteiger partial charge is 0.428 e. The zero-order chi connectivity index (χ0) is 17.8. The first kappa shape index (κ1) is 19.5. The van der Waals surface area contributed by atoms with Gasteiger partial charge in [-0.1, -0.05) is 29.3 Å². The average molecular weight is 374 g/mol. The molecule has 2 N–H and O–H groups in total. The van der Waals surface area contributed by atoms with E-state index in [1.165, 1.54) is 25.1 Å². The maximum Gasteiger partial charge on any atom is 0.428 e. The molecule has 1 atom stereocenters. The van der Waals surface area contributed by atoms with E-state index >= 15 is 0 Å². The normalized spacial score (nSPS) is 14.0. The Morgan fingerprint density at radius 1 is 1.30 bits per heavy atom. The van der Waals surface area contributed by atoms with E-state index in [1.807, 2.05) is 0 Å². The lowest BCUT2D eigenvalue weighted by Gasteiger charge is -2.27. The van der Waals surface area contributed by atoms with Gasteiger partial charge in [0.1, 0.15) is 0 Å². The zero-order valence-electron chi connectivity index (χ0n) is 11.7. The average Bonchev–Trinajstić information content (AvgIpc) is 2.42. The number of hydrogen-bond acceptors (Lipinski definition) is 4. The first-order valence-corrected chi connectivity index (χ1v) is 6.98. The second-order valence-electron chi connectivity index (χ2n) is 4.40. The predicted octanol–water partition coefficient (Wildman–Crippen LogP) is 3.18. The topological polar surface area (TPSA) is 75.6 Å². The second kappa shape index (κ2) is 7.37. The minimum absolute atomic E-state index is 0.0578. The largest absolute Gasteiger partial charge is 0.464 e. The van der Waals surface area contributed by atoms with Gasteiger partial charge in [0.2, 0.25) is 5.91 Å². The molecule has 0 fully saturated rings. The van der Waals surface area contributed by atoms with Crippen LogP contribution in [0.15, 0.2) is 18.2 Å². The Balaban J connectivity index is 2.98. The number of carbonyl (C=O) groups excluding carboxylic acids is 2. The van der Waals surface area contributed by atoms with Gasteiger partial charge in [-0.3, -0.25) is 4.79 Å². The third kappa shape index (κ3) is 4.49. The second-order valence-corrected chi connectivity index (χ2v) is 5.19. The molecule has 1 aromatic rings. The number of esters is 1. The quantitative estimate of drug-likeness (QED) is 0.777. The van der Waals surface area contributed by atoms with Gasteiger partial charge in [-0.2, -0.15) is 13.2 Å². The lowest BCUT2D eigenvalue weighted by atomic mass is 9.98. The lowest BCUT2D eigenvalue weighted by molar-refractivity contribution is -0.262. The predicted molar refractivity (Wildman–Crippen MR) is 77.3 cm³/mol. The molecule has 0 aliphatic rings. The van der Waals surface area contributed by atoms with Crippen LogP contribution in [0.3, 0.4) is 0 Å². The van der Waals surface area contributed by atoms with Crippen molar-refractivity contribution < 1.29 is 32.6 Å². The highest BCUT2D eigenvalue weighted by Gasteiger charge is 2.61. The maximum absolute atomic E-state index is 12.9. The first-order chi connectivity index (χ1) is 10.5. The van der Waals surface area contributed by atoms with Crippen molar-refractivity contribution >= 4 is 40.8 Å². The molecule has 1 amide bonds. The van der Waals surface area contributed by atoms with Gasteiger partial charge in [0.05, 0.1) is 28.8 Å². The number of halogens is 5. The molecule has 0 spiro atoms. The molecular formula is C13H12Cl2F3NO4. The number of benzene rings is 1. The minimum atomic E-state index is -5.39. The van der Waals surface area contributed by atoms with Crippen LogP contribution in [-0.4, -0.2) is 35.4 Å². The van der Waals surface area contributed by atoms with E-state index in [0.29, 0.717) is 0 Å². The summed E-state index contributed by atoms with van der Waals surface area (Å²) in [6, 6.07) is 4.11. The van der Waals surface area contributed by atoms with Crippen molar-refractivity contribution in [2.75, 3.05) is 11.9 Å². The van der Waals surface area contributed by atoms with E-state index in [2.05, 4.69) is 10.1 Å². The molecular weight excluding hydrogens is 362 g/mol. The molecule has 23 heavy (non-hydrogen) atoms. The molecule has 0 saturated heterocycles. The Morgan fingerprint density at radius 3 is 2.43 bits per heavy atom. The van der Waals surface area contributed by atoms with Crippen LogP contribution in [0, 0.1) is 0 Å². The van der Waals surface area contributed by atoms with Crippen molar-refractivity contribution in [3.8, 4) is 0 Å². The Kier molecular flexibility index (Phi) is 6.26. The summed E-state index contributed by atoms with van der Waals surface area (Å²) < 4.78 is 43.0. The van der Waals surface area contributed by atoms with Gasteiger partial charge in [0.25, 0.3) is 5.60 Å². The number of anilines is 1. The summed E-state index contributed by atoms with van der Waals surface area (Å²) in [6.45, 7) is 0.874. The van der Waals surface area contributed by atoms with Gasteiger partial charge < -0.3 is 15.2 Å². The monoisotopic (exact) mass is 373 g/mol. The molecule has 0 aliphatic carbocycles. The van der Waals surface area contributed by atoms with Gasteiger partial charge in [0, 0.05) is 0 Å². The Bertz CT molecular complexity index is 609. The maximum atomic E-state index is 12.9. The highest BCUT2D eigenvalue weighted by atomic mass is 35.5. The molecule has 10 heteroatoms. The van der Waals surface area contributed by atoms with Crippen LogP contribution in [0.5, 0.6) is 0 Å². The highest BCUT2D eigenvalue weighted by molar-refractivity contribution is 6.44. The standard InChI is InChI=1S/C13H12Cl2F3NO4/c1-2-23-11(21)12(22,13(16,17)18)6-9(20)19-8-5-3-4-7(14)10(8)15/h3-5,22H,2,6H2,1H3,(H,19,20)/t12-/m1/s1. The highest BCUT2D eigenvalue weighted by Crippen LogP contribution is 2.35. The summed E-state index contributed by atoms with van der Waals surface area (Å²) in [5, 5.41) is 11.6. The van der Waals surface area contributed by atoms with Gasteiger partial charge in [0.15, 0.2) is 0 Å². The van der Waals surface area contributed by atoms with E-state index in [4.69, 9.17) is 23.2 Å². The van der Waals surface area contributed by atoms with Crippen LogP contribution in [0.1, 0.15) is 13.3 Å². The van der Waals surface area contributed by atoms with E-state index in [9.17, 15) is 27.9 Å². The molecule has 0 heterocycles. The minimum Gasteiger partial charge on any atom is -0.464 e. The fourth-order valence-electron chi connectivity index (χ4n) is 1.57. The fourth-order valence-corrected chi connectivity index (χ4v) is 1.91. The third-order valence-corrected chi connectivity index (χ3v) is 3.54. The first-order valence-electron chi connectivity index (χ1n) is 6.23. The van der Waals surface area contributed by atoms with Gasteiger partial charge in [-0.25, -0.2) is 4.79 Å². The molecule has 0 aliphatic heterocycles. The zero-order valence-corrected chi connectivity index (χ0v) is 13.2. The van der Waals surface area contributed by atoms with E-state index in [-0.39, 0.29) is 22.3 Å². The number of alkyl halides is 3. The molecule has 5 nitrogen and oxygen atoms in total. The SMILES string of the molecule is CCOC(=O)[C@](O)(CC(=O)Nc1cccc(Cl)c1Cl)C(F)(F)F. The lowest BCUT2D eigenvalue weighted by Crippen LogP contribution is -2.54. The van der Waals surface area contributed by atoms with Crippen LogP contribution >= 0.6 is 23.2 Å². The van der Waals surface area contributed by atoms with Crippen LogP contribution in [-0.2, 0) is 14.3 Å². The number of amides is 1. The number of aliphatic hydroxyl groups is 1. The molecule has 0 saturated carbocycles. The summed E-state index contributed by atoms with van der Waals surface area (Å²) >= 11 is 11.5. The van der Waals surface area contributed by atoms with Crippen molar-refractivity contribution in [3.63, 3.8) is 0 Å². The molecule has 1 aromatic carbocycles. The van der Waals surface area contributed by atoms with E-state index in [1.54, 1.807) is 0 Å². The molecule has 0 bridgehead atoms. The number of carbonyl (C=O) groups is 2. The van der Waals surface area contributed by atoms with Gasteiger partial charge >= 0.3 is 12.1 Å². The van der Waals surface area contributed by atoms with Crippen molar-refractivity contribution in [1.29, 1.82) is 0 Å². The van der Waals surface area contributed by atoms with Crippen molar-refractivity contribution in [1.82, 2.24) is 0 Å². The number of hydrogen-bond donors (Lipinski definition) is 2. The summed E-state index contributed by atoms with van der Waals surface area (Å²) in [6.07, 6.45) is -6.98. The summed E-state index contributed by atoms with van der Waals surface area (Å²) in [5.41, 5.74) is -4.02. The summed E-state index contributed by atoms with van der Waals surface area (Å²) in [5.74, 6) is -3.25. The van der Waals surface area contributed by atoms with Gasteiger partial charge in [-0.05, 0) is 19.1 Å². The Morgan fingerprint density at radius 2 is 1.91 bits per heavy atom. The van der Waals surface area contributed by atoms with Crippen LogP contribution in [0.25, 0.3) is 0 Å². The molecule has 0 unspecified atom stereocenters. The number of nitrogens with one attached hydrogen (secondary N) is 1. The Labute approximate surface area is 139 Å². The summed E-state index contributed by atoms with van der Waals surface area (Å²) in [7, 11) is 0. The molecule has 0 radical (unpaired) electrons. The fraction of sp³-hybridized carbons (Fsp3) is 0.385. The number of rotatable bonds is 5. The Hall–Kier alpha value is -1.51. The molecule has 1 rings (SSSR count). The molecule has 128 valence electrons.